The van der Waals surface area contributed by atoms with Crippen LogP contribution in [-0.4, -0.2) is 0 Å². The molecule has 11 aromatic rings. The van der Waals surface area contributed by atoms with E-state index in [2.05, 4.69) is 206 Å². The number of fused-ring (bicyclic) bond motifs is 6. The van der Waals surface area contributed by atoms with E-state index in [-0.39, 0.29) is 0 Å². The third kappa shape index (κ3) is 5.16. The normalized spacial score (nSPS) is 11.6. The minimum Gasteiger partial charge on any atom is -0.456 e. The van der Waals surface area contributed by atoms with E-state index in [4.69, 9.17) is 4.42 Å². The maximum Gasteiger partial charge on any atom is 0.136 e. The van der Waals surface area contributed by atoms with Crippen molar-refractivity contribution in [2.45, 2.75) is 0 Å². The fraction of sp³-hybridized carbons (Fsp3) is 0. The Bertz CT molecular complexity index is 3160. The predicted octanol–water partition coefficient (Wildman–Crippen LogP) is 15.4. The van der Waals surface area contributed by atoms with Crippen LogP contribution in [-0.2, 0) is 0 Å². The summed E-state index contributed by atoms with van der Waals surface area (Å²) in [5.74, 6) is 0. The monoisotopic (exact) mass is 698 g/mol. The molecule has 1 nitrogen and oxygen atoms in total. The van der Waals surface area contributed by atoms with Gasteiger partial charge in [0.15, 0.2) is 0 Å². The van der Waals surface area contributed by atoms with Gasteiger partial charge >= 0.3 is 0 Å². The number of rotatable bonds is 5. The molecule has 55 heavy (non-hydrogen) atoms. The summed E-state index contributed by atoms with van der Waals surface area (Å²) < 4.78 is 6.68. The molecule has 0 fully saturated rings. The van der Waals surface area contributed by atoms with Crippen molar-refractivity contribution in [2.75, 3.05) is 0 Å². The van der Waals surface area contributed by atoms with E-state index in [0.29, 0.717) is 0 Å². The molecule has 0 aliphatic rings. The zero-order valence-electron chi connectivity index (χ0n) is 30.0. The fourth-order valence-electron chi connectivity index (χ4n) is 8.72. The number of furan rings is 1. The van der Waals surface area contributed by atoms with Gasteiger partial charge in [-0.3, -0.25) is 0 Å². The average Bonchev–Trinajstić information content (AvgIpc) is 3.62. The Balaban J connectivity index is 1.13. The van der Waals surface area contributed by atoms with Crippen LogP contribution < -0.4 is 0 Å². The second kappa shape index (κ2) is 12.7. The first-order valence-electron chi connectivity index (χ1n) is 18.9. The largest absolute Gasteiger partial charge is 0.456 e. The highest BCUT2D eigenvalue weighted by atomic mass is 16.3. The highest BCUT2D eigenvalue weighted by Crippen LogP contribution is 2.47. The van der Waals surface area contributed by atoms with Crippen LogP contribution in [0.4, 0.5) is 0 Å². The van der Waals surface area contributed by atoms with Gasteiger partial charge in [0.05, 0.1) is 0 Å². The average molecular weight is 699 g/mol. The SMILES string of the molecule is c1ccc(-c2ccc(-c3cc4oc5ccc(-c6c7ccccc7c(-c7cccc8ccccc78)c7ccccc67)cc5c4cc3-c3ccccc3)cc2)cc1. The minimum atomic E-state index is 0.884. The maximum absolute atomic E-state index is 6.68. The van der Waals surface area contributed by atoms with Gasteiger partial charge in [-0.15, -0.1) is 0 Å². The van der Waals surface area contributed by atoms with Crippen molar-refractivity contribution >= 4 is 54.3 Å². The van der Waals surface area contributed by atoms with Gasteiger partial charge in [0, 0.05) is 10.8 Å². The summed E-state index contributed by atoms with van der Waals surface area (Å²) in [6.07, 6.45) is 0. The predicted molar refractivity (Wildman–Crippen MR) is 233 cm³/mol. The Kier molecular flexibility index (Phi) is 7.25. The molecule has 0 radical (unpaired) electrons. The summed E-state index contributed by atoms with van der Waals surface area (Å²) in [7, 11) is 0. The summed E-state index contributed by atoms with van der Waals surface area (Å²) in [6, 6.07) is 74.6. The van der Waals surface area contributed by atoms with Crippen LogP contribution in [0.3, 0.4) is 0 Å². The molecule has 0 aliphatic heterocycles. The molecule has 0 aliphatic carbocycles. The van der Waals surface area contributed by atoms with Crippen LogP contribution in [0.5, 0.6) is 0 Å². The lowest BCUT2D eigenvalue weighted by atomic mass is 9.84. The van der Waals surface area contributed by atoms with E-state index < -0.39 is 0 Å². The molecule has 0 bridgehead atoms. The van der Waals surface area contributed by atoms with Gasteiger partial charge in [-0.1, -0.05) is 182 Å². The van der Waals surface area contributed by atoms with Crippen molar-refractivity contribution in [1.82, 2.24) is 0 Å². The van der Waals surface area contributed by atoms with Crippen LogP contribution in [0.15, 0.2) is 211 Å². The maximum atomic E-state index is 6.68. The van der Waals surface area contributed by atoms with Gasteiger partial charge in [0.1, 0.15) is 11.2 Å². The van der Waals surface area contributed by atoms with E-state index in [1.807, 2.05) is 0 Å². The van der Waals surface area contributed by atoms with Crippen LogP contribution in [0.25, 0.3) is 110 Å². The lowest BCUT2D eigenvalue weighted by Gasteiger charge is -2.18. The molecule has 0 saturated heterocycles. The molecular weight excluding hydrogens is 665 g/mol. The zero-order chi connectivity index (χ0) is 36.3. The van der Waals surface area contributed by atoms with Crippen molar-refractivity contribution in [2.24, 2.45) is 0 Å². The van der Waals surface area contributed by atoms with Crippen molar-refractivity contribution in [3.8, 4) is 55.6 Å². The van der Waals surface area contributed by atoms with E-state index in [1.165, 1.54) is 76.8 Å². The Morgan fingerprint density at radius 1 is 0.236 bits per heavy atom. The number of hydrogen-bond donors (Lipinski definition) is 0. The number of hydrogen-bond acceptors (Lipinski definition) is 1. The summed E-state index contributed by atoms with van der Waals surface area (Å²) >= 11 is 0. The highest BCUT2D eigenvalue weighted by molar-refractivity contribution is 6.24. The second-order valence-corrected chi connectivity index (χ2v) is 14.4. The van der Waals surface area contributed by atoms with E-state index in [9.17, 15) is 0 Å². The second-order valence-electron chi connectivity index (χ2n) is 14.4. The van der Waals surface area contributed by atoms with Crippen LogP contribution in [0.1, 0.15) is 0 Å². The topological polar surface area (TPSA) is 13.1 Å². The molecule has 0 amide bonds. The number of benzene rings is 10. The first-order chi connectivity index (χ1) is 27.3. The Morgan fingerprint density at radius 3 is 1.40 bits per heavy atom. The van der Waals surface area contributed by atoms with Crippen molar-refractivity contribution in [1.29, 1.82) is 0 Å². The van der Waals surface area contributed by atoms with Gasteiger partial charge in [0.2, 0.25) is 0 Å². The van der Waals surface area contributed by atoms with Gasteiger partial charge in [-0.2, -0.15) is 0 Å². The summed E-state index contributed by atoms with van der Waals surface area (Å²) in [5.41, 5.74) is 13.8. The fourth-order valence-corrected chi connectivity index (χ4v) is 8.72. The molecule has 0 unspecified atom stereocenters. The van der Waals surface area contributed by atoms with E-state index in [1.54, 1.807) is 0 Å². The molecule has 11 rings (SSSR count). The Labute approximate surface area is 319 Å². The molecular formula is C54H34O. The van der Waals surface area contributed by atoms with Gasteiger partial charge in [-0.05, 0) is 112 Å². The van der Waals surface area contributed by atoms with Gasteiger partial charge in [-0.25, -0.2) is 0 Å². The molecule has 1 heterocycles. The summed E-state index contributed by atoms with van der Waals surface area (Å²) in [6.45, 7) is 0. The van der Waals surface area contributed by atoms with Crippen LogP contribution >= 0.6 is 0 Å². The first-order valence-corrected chi connectivity index (χ1v) is 18.9. The van der Waals surface area contributed by atoms with E-state index in [0.717, 1.165) is 33.1 Å². The van der Waals surface area contributed by atoms with Crippen molar-refractivity contribution in [3.05, 3.63) is 206 Å². The lowest BCUT2D eigenvalue weighted by molar-refractivity contribution is 0.669. The molecule has 0 N–H and O–H groups in total. The highest BCUT2D eigenvalue weighted by Gasteiger charge is 2.20. The van der Waals surface area contributed by atoms with Gasteiger partial charge in [0.25, 0.3) is 0 Å². The molecule has 0 atom stereocenters. The minimum absolute atomic E-state index is 0.884. The third-order valence-corrected chi connectivity index (χ3v) is 11.3. The standard InChI is InChI=1S/C54H34O/c1-3-14-35(15-4-1)36-26-28-39(29-27-36)48-34-52-50(33-47(48)38-16-5-2-6-17-38)49-32-40(30-31-51(49)55-52)53-43-21-9-11-23-45(43)54(46-24-12-10-22-44(46)53)42-25-13-19-37-18-7-8-20-41(37)42/h1-34H. The molecule has 0 saturated carbocycles. The Morgan fingerprint density at radius 2 is 0.709 bits per heavy atom. The third-order valence-electron chi connectivity index (χ3n) is 11.3. The quantitative estimate of drug-likeness (QED) is 0.163. The summed E-state index contributed by atoms with van der Waals surface area (Å²) in [5, 5.41) is 9.71. The van der Waals surface area contributed by atoms with Crippen molar-refractivity contribution in [3.63, 3.8) is 0 Å². The zero-order valence-corrected chi connectivity index (χ0v) is 30.0. The van der Waals surface area contributed by atoms with Gasteiger partial charge < -0.3 is 4.42 Å². The molecule has 0 spiro atoms. The first kappa shape index (κ1) is 31.3. The molecule has 1 aromatic heterocycles. The van der Waals surface area contributed by atoms with Crippen LogP contribution in [0, 0.1) is 0 Å². The van der Waals surface area contributed by atoms with E-state index >= 15 is 0 Å². The Hall–Kier alpha value is -7.22. The molecule has 10 aromatic carbocycles. The lowest BCUT2D eigenvalue weighted by Crippen LogP contribution is -1.91. The smallest absolute Gasteiger partial charge is 0.136 e. The summed E-state index contributed by atoms with van der Waals surface area (Å²) in [4.78, 5) is 0. The van der Waals surface area contributed by atoms with Crippen molar-refractivity contribution < 1.29 is 4.42 Å². The molecule has 1 heteroatoms. The molecule has 256 valence electrons. The van der Waals surface area contributed by atoms with Crippen LogP contribution in [0.2, 0.25) is 0 Å².